The number of piperazine rings is 1. The van der Waals surface area contributed by atoms with Crippen LogP contribution in [-0.2, 0) is 34.1 Å². The van der Waals surface area contributed by atoms with Crippen LogP contribution in [-0.4, -0.2) is 91.2 Å². The maximum Gasteiger partial charge on any atom is 0.421 e. The molecule has 0 bridgehead atoms. The van der Waals surface area contributed by atoms with E-state index >= 15 is 4.39 Å². The third kappa shape index (κ3) is 8.88. The minimum atomic E-state index is -4.78. The number of nitrogens with zero attached hydrogens (tertiary/aromatic N) is 8. The minimum Gasteiger partial charge on any atom is -0.369 e. The molecule has 280 valence electrons. The molecule has 4 heterocycles. The molecule has 0 atom stereocenters. The molecule has 2 aromatic heterocycles. The fraction of sp³-hybridized carbons (Fsp3) is 0.333. The molecule has 3 N–H and O–H groups in total. The van der Waals surface area contributed by atoms with E-state index in [0.29, 0.717) is 55.9 Å². The van der Waals surface area contributed by atoms with Crippen molar-refractivity contribution >= 4 is 56.6 Å². The zero-order valence-corrected chi connectivity index (χ0v) is 29.4. The SMILES string of the molecule is CN(c1nccnc1CNc1nc(Nc2ccc(N3CCN(Cc4ccc(N5CCC(=O)NC5=O)cc4F)CC3)cc2)ncc1C(F)(F)F)S(C)(=O)=O. The van der Waals surface area contributed by atoms with Crippen molar-refractivity contribution in [3.8, 4) is 0 Å². The van der Waals surface area contributed by atoms with Crippen LogP contribution in [0.4, 0.5) is 57.0 Å². The number of carbonyl (C=O) groups is 2. The fourth-order valence-electron chi connectivity index (χ4n) is 5.79. The molecule has 15 nitrogen and oxygen atoms in total. The van der Waals surface area contributed by atoms with Gasteiger partial charge < -0.3 is 15.5 Å². The molecule has 2 aliphatic rings. The molecule has 2 fully saturated rings. The largest absolute Gasteiger partial charge is 0.421 e. The summed E-state index contributed by atoms with van der Waals surface area (Å²) < 4.78 is 81.6. The van der Waals surface area contributed by atoms with Crippen LogP contribution >= 0.6 is 0 Å². The van der Waals surface area contributed by atoms with Gasteiger partial charge in [0.05, 0.1) is 12.8 Å². The van der Waals surface area contributed by atoms with Crippen LogP contribution in [0.3, 0.4) is 0 Å². The Bertz CT molecular complexity index is 2100. The highest BCUT2D eigenvalue weighted by Gasteiger charge is 2.35. The van der Waals surface area contributed by atoms with Gasteiger partial charge in [0.1, 0.15) is 22.9 Å². The first-order valence-electron chi connectivity index (χ1n) is 16.3. The number of nitrogens with one attached hydrogen (secondary N) is 3. The van der Waals surface area contributed by atoms with Gasteiger partial charge >= 0.3 is 12.2 Å². The van der Waals surface area contributed by atoms with Gasteiger partial charge in [0.15, 0.2) is 5.82 Å². The van der Waals surface area contributed by atoms with Crippen molar-refractivity contribution < 1.29 is 35.6 Å². The first-order chi connectivity index (χ1) is 25.2. The van der Waals surface area contributed by atoms with Crippen LogP contribution in [0.2, 0.25) is 0 Å². The highest BCUT2D eigenvalue weighted by atomic mass is 32.2. The molecule has 0 spiro atoms. The van der Waals surface area contributed by atoms with E-state index in [0.717, 1.165) is 16.2 Å². The molecule has 53 heavy (non-hydrogen) atoms. The number of hydrogen-bond donors (Lipinski definition) is 3. The van der Waals surface area contributed by atoms with E-state index in [1.807, 2.05) is 12.1 Å². The number of benzene rings is 2. The molecule has 0 saturated carbocycles. The van der Waals surface area contributed by atoms with Crippen molar-refractivity contribution in [1.29, 1.82) is 0 Å². The molecule has 2 aromatic carbocycles. The van der Waals surface area contributed by atoms with E-state index in [-0.39, 0.29) is 42.9 Å². The van der Waals surface area contributed by atoms with Crippen LogP contribution in [0.15, 0.2) is 61.1 Å². The molecular weight excluding hydrogens is 722 g/mol. The second-order valence-corrected chi connectivity index (χ2v) is 14.3. The molecule has 20 heteroatoms. The molecular formula is C33H35F4N11O4S. The average Bonchev–Trinajstić information content (AvgIpc) is 3.11. The first kappa shape index (κ1) is 37.1. The summed E-state index contributed by atoms with van der Waals surface area (Å²) in [6, 6.07) is 11.3. The summed E-state index contributed by atoms with van der Waals surface area (Å²) in [5, 5.41) is 7.76. The second-order valence-electron chi connectivity index (χ2n) is 12.3. The van der Waals surface area contributed by atoms with Gasteiger partial charge in [0, 0.05) is 94.0 Å². The standard InChI is InChI=1S/C33H35F4N11O4S/c1-45(53(2,51)52)30-27(38-10-11-39-30)19-40-29-25(33(35,36)37)18-41-31(44-29)42-22-4-7-23(8-5-22)47-15-13-46(14-16-47)20-21-3-6-24(17-26(21)34)48-12-9-28(49)43-32(48)50/h3-8,10-11,17-18H,9,12-16,19-20H2,1-2H3,(H,43,49,50)(H2,40,41,42,44). The maximum absolute atomic E-state index is 15.0. The number of aromatic nitrogens is 4. The molecule has 2 saturated heterocycles. The Morgan fingerprint density at radius 2 is 1.64 bits per heavy atom. The average molecular weight is 758 g/mol. The van der Waals surface area contributed by atoms with Gasteiger partial charge in [0.2, 0.25) is 21.9 Å². The third-order valence-electron chi connectivity index (χ3n) is 8.72. The number of hydrogen-bond acceptors (Lipinski definition) is 12. The number of urea groups is 1. The number of imide groups is 1. The van der Waals surface area contributed by atoms with E-state index < -0.39 is 39.4 Å². The van der Waals surface area contributed by atoms with Gasteiger partial charge in [-0.05, 0) is 36.4 Å². The van der Waals surface area contributed by atoms with E-state index in [1.54, 1.807) is 24.3 Å². The summed E-state index contributed by atoms with van der Waals surface area (Å²) in [5.74, 6) is -1.48. The van der Waals surface area contributed by atoms with E-state index in [2.05, 4.69) is 45.7 Å². The first-order valence-corrected chi connectivity index (χ1v) is 18.2. The molecule has 6 rings (SSSR count). The highest BCUT2D eigenvalue weighted by Crippen LogP contribution is 2.35. The smallest absolute Gasteiger partial charge is 0.369 e. The Hall–Kier alpha value is -5.63. The lowest BCUT2D eigenvalue weighted by Crippen LogP contribution is -2.49. The number of alkyl halides is 3. The molecule has 4 aromatic rings. The topological polar surface area (TPSA) is 169 Å². The highest BCUT2D eigenvalue weighted by molar-refractivity contribution is 7.92. The zero-order valence-electron chi connectivity index (χ0n) is 28.6. The van der Waals surface area contributed by atoms with Crippen molar-refractivity contribution in [2.45, 2.75) is 25.7 Å². The van der Waals surface area contributed by atoms with Gasteiger partial charge in [-0.15, -0.1) is 0 Å². The van der Waals surface area contributed by atoms with Gasteiger partial charge in [-0.25, -0.2) is 27.6 Å². The van der Waals surface area contributed by atoms with Crippen molar-refractivity contribution in [2.24, 2.45) is 0 Å². The van der Waals surface area contributed by atoms with Crippen LogP contribution in [0.1, 0.15) is 23.2 Å². The molecule has 3 amide bonds. The van der Waals surface area contributed by atoms with E-state index in [4.69, 9.17) is 0 Å². The Morgan fingerprint density at radius 1 is 0.943 bits per heavy atom. The molecule has 0 radical (unpaired) electrons. The van der Waals surface area contributed by atoms with Gasteiger partial charge in [-0.2, -0.15) is 18.2 Å². The van der Waals surface area contributed by atoms with Crippen LogP contribution < -0.4 is 30.1 Å². The second kappa shape index (κ2) is 15.2. The lowest BCUT2D eigenvalue weighted by atomic mass is 10.1. The normalized spacial score (nSPS) is 15.7. The monoisotopic (exact) mass is 757 g/mol. The predicted molar refractivity (Wildman–Crippen MR) is 189 cm³/mol. The summed E-state index contributed by atoms with van der Waals surface area (Å²) in [6.45, 7) is 2.91. The Balaban J connectivity index is 1.06. The minimum absolute atomic E-state index is 0.0456. The molecule has 0 unspecified atom stereocenters. The van der Waals surface area contributed by atoms with Gasteiger partial charge in [-0.1, -0.05) is 6.07 Å². The van der Waals surface area contributed by atoms with Crippen molar-refractivity contribution in [1.82, 2.24) is 30.2 Å². The lowest BCUT2D eigenvalue weighted by Gasteiger charge is -2.36. The summed E-state index contributed by atoms with van der Waals surface area (Å²) >= 11 is 0. The van der Waals surface area contributed by atoms with Crippen molar-refractivity contribution in [2.75, 3.05) is 70.8 Å². The van der Waals surface area contributed by atoms with E-state index in [9.17, 15) is 31.2 Å². The number of halogens is 4. The quantitative estimate of drug-likeness (QED) is 0.189. The number of rotatable bonds is 11. The summed E-state index contributed by atoms with van der Waals surface area (Å²) in [4.78, 5) is 45.2. The predicted octanol–water partition coefficient (Wildman–Crippen LogP) is 3.94. The van der Waals surface area contributed by atoms with Crippen LogP contribution in [0.5, 0.6) is 0 Å². The van der Waals surface area contributed by atoms with Crippen LogP contribution in [0, 0.1) is 5.82 Å². The van der Waals surface area contributed by atoms with Gasteiger partial charge in [0.25, 0.3) is 0 Å². The summed E-state index contributed by atoms with van der Waals surface area (Å²) in [7, 11) is -2.45. The number of anilines is 6. The van der Waals surface area contributed by atoms with Gasteiger partial charge in [-0.3, -0.25) is 29.2 Å². The maximum atomic E-state index is 15.0. The lowest BCUT2D eigenvalue weighted by molar-refractivity contribution is -0.137. The Labute approximate surface area is 302 Å². The molecule has 2 aliphatic heterocycles. The number of amides is 3. The fourth-order valence-corrected chi connectivity index (χ4v) is 6.26. The van der Waals surface area contributed by atoms with Crippen LogP contribution in [0.25, 0.3) is 0 Å². The van der Waals surface area contributed by atoms with Crippen molar-refractivity contribution in [3.05, 3.63) is 83.7 Å². The molecule has 0 aliphatic carbocycles. The van der Waals surface area contributed by atoms with E-state index in [1.165, 1.54) is 30.4 Å². The Kier molecular flexibility index (Phi) is 10.6. The zero-order chi connectivity index (χ0) is 37.9. The number of carbonyl (C=O) groups excluding carboxylic acids is 2. The van der Waals surface area contributed by atoms with Crippen molar-refractivity contribution in [3.63, 3.8) is 0 Å². The third-order valence-corrected chi connectivity index (χ3v) is 9.89. The summed E-state index contributed by atoms with van der Waals surface area (Å²) in [6.07, 6.45) is -0.440. The Morgan fingerprint density at radius 3 is 2.30 bits per heavy atom. The number of sulfonamides is 1. The summed E-state index contributed by atoms with van der Waals surface area (Å²) in [5.41, 5.74) is 1.28.